The standard InChI is InChI=1S/C10H10Cl2N2O/c1-14(6-2-3-6)10(15)9-7(11)4-5-8(12)13-9/h4-6H,2-3H2,1H3. The van der Waals surface area contributed by atoms with E-state index in [4.69, 9.17) is 23.2 Å². The van der Waals surface area contributed by atoms with Crippen molar-refractivity contribution in [3.05, 3.63) is 28.0 Å². The van der Waals surface area contributed by atoms with Crippen LogP contribution in [-0.2, 0) is 0 Å². The first-order chi connectivity index (χ1) is 7.09. The Labute approximate surface area is 98.0 Å². The van der Waals surface area contributed by atoms with Crippen molar-refractivity contribution in [3.63, 3.8) is 0 Å². The van der Waals surface area contributed by atoms with E-state index >= 15 is 0 Å². The normalized spacial score (nSPS) is 15.1. The molecule has 0 spiro atoms. The zero-order chi connectivity index (χ0) is 11.0. The third kappa shape index (κ3) is 2.24. The monoisotopic (exact) mass is 244 g/mol. The number of carbonyl (C=O) groups is 1. The van der Waals surface area contributed by atoms with Crippen LogP contribution in [0.5, 0.6) is 0 Å². The minimum absolute atomic E-state index is 0.162. The lowest BCUT2D eigenvalue weighted by atomic mass is 10.3. The second-order valence-corrected chi connectivity index (χ2v) is 4.41. The Bertz CT molecular complexity index is 404. The van der Waals surface area contributed by atoms with Crippen LogP contribution in [0, 0.1) is 0 Å². The van der Waals surface area contributed by atoms with Gasteiger partial charge in [0.25, 0.3) is 5.91 Å². The van der Waals surface area contributed by atoms with Gasteiger partial charge in [0.1, 0.15) is 10.8 Å². The van der Waals surface area contributed by atoms with Crippen LogP contribution < -0.4 is 0 Å². The molecule has 0 unspecified atom stereocenters. The minimum atomic E-state index is -0.162. The summed E-state index contributed by atoms with van der Waals surface area (Å²) in [4.78, 5) is 17.5. The molecule has 15 heavy (non-hydrogen) atoms. The van der Waals surface area contributed by atoms with E-state index in [0.717, 1.165) is 12.8 Å². The quantitative estimate of drug-likeness (QED) is 0.750. The predicted molar refractivity (Wildman–Crippen MR) is 59.4 cm³/mol. The van der Waals surface area contributed by atoms with Crippen LogP contribution in [0.3, 0.4) is 0 Å². The molecule has 1 aliphatic rings. The van der Waals surface area contributed by atoms with Crippen LogP contribution in [0.1, 0.15) is 23.3 Å². The van der Waals surface area contributed by atoms with Gasteiger partial charge >= 0.3 is 0 Å². The number of pyridine rings is 1. The first kappa shape index (κ1) is 10.7. The highest BCUT2D eigenvalue weighted by molar-refractivity contribution is 6.34. The van der Waals surface area contributed by atoms with Gasteiger partial charge < -0.3 is 4.90 Å². The average molecular weight is 245 g/mol. The summed E-state index contributed by atoms with van der Waals surface area (Å²) in [7, 11) is 1.76. The molecule has 1 amide bonds. The highest BCUT2D eigenvalue weighted by Crippen LogP contribution is 2.28. The molecule has 1 fully saturated rings. The zero-order valence-corrected chi connectivity index (χ0v) is 9.72. The van der Waals surface area contributed by atoms with E-state index in [-0.39, 0.29) is 16.8 Å². The fourth-order valence-electron chi connectivity index (χ4n) is 1.36. The topological polar surface area (TPSA) is 33.2 Å². The van der Waals surface area contributed by atoms with Crippen molar-refractivity contribution in [3.8, 4) is 0 Å². The molecule has 1 aromatic heterocycles. The molecule has 1 saturated carbocycles. The van der Waals surface area contributed by atoms with Crippen LogP contribution in [0.25, 0.3) is 0 Å². The van der Waals surface area contributed by atoms with E-state index in [1.807, 2.05) is 0 Å². The third-order valence-corrected chi connectivity index (χ3v) is 2.95. The lowest BCUT2D eigenvalue weighted by molar-refractivity contribution is 0.0779. The van der Waals surface area contributed by atoms with E-state index in [1.54, 1.807) is 24.1 Å². The summed E-state index contributed by atoms with van der Waals surface area (Å²) in [5.41, 5.74) is 0.235. The minimum Gasteiger partial charge on any atom is -0.337 e. The van der Waals surface area contributed by atoms with Gasteiger partial charge in [0.2, 0.25) is 0 Å². The van der Waals surface area contributed by atoms with Crippen LogP contribution >= 0.6 is 23.2 Å². The fraction of sp³-hybridized carbons (Fsp3) is 0.400. The molecule has 0 bridgehead atoms. The molecule has 0 aromatic carbocycles. The van der Waals surface area contributed by atoms with Gasteiger partial charge in [0, 0.05) is 13.1 Å². The summed E-state index contributed by atoms with van der Waals surface area (Å²) in [6.45, 7) is 0. The molecule has 0 saturated heterocycles. The Morgan fingerprint density at radius 2 is 2.13 bits per heavy atom. The van der Waals surface area contributed by atoms with Gasteiger partial charge in [-0.2, -0.15) is 0 Å². The molecule has 80 valence electrons. The zero-order valence-electron chi connectivity index (χ0n) is 8.20. The van der Waals surface area contributed by atoms with Gasteiger partial charge in [-0.3, -0.25) is 4.79 Å². The molecule has 0 radical (unpaired) electrons. The first-order valence-electron chi connectivity index (χ1n) is 4.69. The Morgan fingerprint density at radius 1 is 1.47 bits per heavy atom. The molecule has 1 heterocycles. The summed E-state index contributed by atoms with van der Waals surface area (Å²) >= 11 is 11.6. The van der Waals surface area contributed by atoms with Crippen molar-refractivity contribution in [1.82, 2.24) is 9.88 Å². The average Bonchev–Trinajstić information content (AvgIpc) is 3.03. The van der Waals surface area contributed by atoms with E-state index < -0.39 is 0 Å². The molecule has 1 aliphatic carbocycles. The molecule has 2 rings (SSSR count). The van der Waals surface area contributed by atoms with E-state index in [9.17, 15) is 4.79 Å². The molecule has 0 aliphatic heterocycles. The molecule has 5 heteroatoms. The molecule has 3 nitrogen and oxygen atoms in total. The second kappa shape index (κ2) is 3.99. The second-order valence-electron chi connectivity index (χ2n) is 3.61. The number of rotatable bonds is 2. The van der Waals surface area contributed by atoms with E-state index in [2.05, 4.69) is 4.98 Å². The highest BCUT2D eigenvalue weighted by atomic mass is 35.5. The summed E-state index contributed by atoms with van der Waals surface area (Å²) in [5.74, 6) is -0.162. The van der Waals surface area contributed by atoms with Gasteiger partial charge in [0.05, 0.1) is 5.02 Å². The maximum atomic E-state index is 11.9. The van der Waals surface area contributed by atoms with Crippen LogP contribution in [0.15, 0.2) is 12.1 Å². The Hall–Kier alpha value is -0.800. The Morgan fingerprint density at radius 3 is 2.73 bits per heavy atom. The fourth-order valence-corrected chi connectivity index (χ4v) is 1.70. The van der Waals surface area contributed by atoms with Crippen molar-refractivity contribution < 1.29 is 4.79 Å². The number of halogens is 2. The smallest absolute Gasteiger partial charge is 0.274 e. The van der Waals surface area contributed by atoms with Gasteiger partial charge in [0.15, 0.2) is 0 Å². The van der Waals surface area contributed by atoms with Crippen LogP contribution in [0.2, 0.25) is 10.2 Å². The van der Waals surface area contributed by atoms with Crippen molar-refractivity contribution in [2.24, 2.45) is 0 Å². The number of aromatic nitrogens is 1. The maximum Gasteiger partial charge on any atom is 0.274 e. The third-order valence-electron chi connectivity index (χ3n) is 2.43. The maximum absolute atomic E-state index is 11.9. The number of hydrogen-bond donors (Lipinski definition) is 0. The van der Waals surface area contributed by atoms with Gasteiger partial charge in [-0.05, 0) is 25.0 Å². The molecule has 1 aromatic rings. The predicted octanol–water partition coefficient (Wildman–Crippen LogP) is 2.62. The largest absolute Gasteiger partial charge is 0.337 e. The summed E-state index contributed by atoms with van der Waals surface area (Å²) in [5, 5.41) is 0.629. The summed E-state index contributed by atoms with van der Waals surface area (Å²) in [6.07, 6.45) is 2.11. The lowest BCUT2D eigenvalue weighted by Gasteiger charge is -2.16. The number of amides is 1. The van der Waals surface area contributed by atoms with Crippen LogP contribution in [-0.4, -0.2) is 28.9 Å². The molecular weight excluding hydrogens is 235 g/mol. The first-order valence-corrected chi connectivity index (χ1v) is 5.44. The van der Waals surface area contributed by atoms with Crippen molar-refractivity contribution in [1.29, 1.82) is 0 Å². The van der Waals surface area contributed by atoms with E-state index in [0.29, 0.717) is 11.1 Å². The Balaban J connectivity index is 2.27. The summed E-state index contributed by atoms with van der Waals surface area (Å²) < 4.78 is 0. The Kier molecular flexibility index (Phi) is 2.85. The van der Waals surface area contributed by atoms with Gasteiger partial charge in [-0.25, -0.2) is 4.98 Å². The molecule has 0 atom stereocenters. The van der Waals surface area contributed by atoms with Crippen molar-refractivity contribution >= 4 is 29.1 Å². The van der Waals surface area contributed by atoms with Crippen LogP contribution in [0.4, 0.5) is 0 Å². The highest BCUT2D eigenvalue weighted by Gasteiger charge is 2.31. The van der Waals surface area contributed by atoms with Gasteiger partial charge in [-0.1, -0.05) is 23.2 Å². The van der Waals surface area contributed by atoms with Crippen molar-refractivity contribution in [2.45, 2.75) is 18.9 Å². The van der Waals surface area contributed by atoms with E-state index in [1.165, 1.54) is 0 Å². The lowest BCUT2D eigenvalue weighted by Crippen LogP contribution is -2.29. The number of hydrogen-bond acceptors (Lipinski definition) is 2. The number of nitrogens with zero attached hydrogens (tertiary/aromatic N) is 2. The SMILES string of the molecule is CN(C(=O)c1nc(Cl)ccc1Cl)C1CC1. The van der Waals surface area contributed by atoms with Gasteiger partial charge in [-0.15, -0.1) is 0 Å². The molecule has 0 N–H and O–H groups in total. The number of carbonyl (C=O) groups excluding carboxylic acids is 1. The van der Waals surface area contributed by atoms with Crippen molar-refractivity contribution in [2.75, 3.05) is 7.05 Å². The molecular formula is C10H10Cl2N2O. The summed E-state index contributed by atoms with van der Waals surface area (Å²) in [6, 6.07) is 3.50.